The average Bonchev–Trinajstić information content (AvgIpc) is 3.58. The van der Waals surface area contributed by atoms with E-state index in [0.29, 0.717) is 0 Å². The van der Waals surface area contributed by atoms with E-state index in [9.17, 15) is 0 Å². The maximum atomic E-state index is 6.16. The third-order valence-electron chi connectivity index (χ3n) is 10.2. The predicted molar refractivity (Wildman–Crippen MR) is 220 cm³/mol. The lowest BCUT2D eigenvalue weighted by Crippen LogP contribution is -2.10. The van der Waals surface area contributed by atoms with E-state index >= 15 is 0 Å². The van der Waals surface area contributed by atoms with Crippen LogP contribution in [0.2, 0.25) is 0 Å². The molecular formula is C50H33NO. The predicted octanol–water partition coefficient (Wildman–Crippen LogP) is 14.4. The smallest absolute Gasteiger partial charge is 0.136 e. The maximum absolute atomic E-state index is 6.16. The molecule has 0 saturated carbocycles. The van der Waals surface area contributed by atoms with E-state index in [1.807, 2.05) is 12.1 Å². The maximum Gasteiger partial charge on any atom is 0.136 e. The van der Waals surface area contributed by atoms with Crippen molar-refractivity contribution in [1.82, 2.24) is 0 Å². The minimum atomic E-state index is 0.922. The van der Waals surface area contributed by atoms with Gasteiger partial charge in [0.25, 0.3) is 0 Å². The quantitative estimate of drug-likeness (QED) is 0.176. The molecule has 244 valence electrons. The molecule has 2 nitrogen and oxygen atoms in total. The summed E-state index contributed by atoms with van der Waals surface area (Å²) in [7, 11) is 0. The van der Waals surface area contributed by atoms with E-state index in [1.165, 1.54) is 54.9 Å². The first-order valence-electron chi connectivity index (χ1n) is 17.7. The van der Waals surface area contributed by atoms with Gasteiger partial charge in [-0.1, -0.05) is 140 Å². The molecule has 1 aromatic heterocycles. The molecule has 52 heavy (non-hydrogen) atoms. The van der Waals surface area contributed by atoms with Crippen LogP contribution in [0.3, 0.4) is 0 Å². The highest BCUT2D eigenvalue weighted by atomic mass is 16.3. The van der Waals surface area contributed by atoms with Crippen molar-refractivity contribution in [2.75, 3.05) is 4.90 Å². The van der Waals surface area contributed by atoms with Crippen LogP contribution in [0.15, 0.2) is 205 Å². The molecule has 0 fully saturated rings. The van der Waals surface area contributed by atoms with E-state index in [1.54, 1.807) is 0 Å². The topological polar surface area (TPSA) is 16.4 Å². The Bertz CT molecular complexity index is 2880. The summed E-state index contributed by atoms with van der Waals surface area (Å²) < 4.78 is 6.16. The van der Waals surface area contributed by atoms with Crippen molar-refractivity contribution in [3.63, 3.8) is 0 Å². The Morgan fingerprint density at radius 2 is 0.904 bits per heavy atom. The molecule has 0 unspecified atom stereocenters. The van der Waals surface area contributed by atoms with E-state index in [-0.39, 0.29) is 0 Å². The number of nitrogens with zero attached hydrogens (tertiary/aromatic N) is 1. The Balaban J connectivity index is 1.05. The van der Waals surface area contributed by atoms with Gasteiger partial charge in [-0.2, -0.15) is 0 Å². The number of anilines is 3. The number of rotatable bonds is 6. The number of fused-ring (bicyclic) bond motifs is 5. The minimum absolute atomic E-state index is 0.922. The summed E-state index contributed by atoms with van der Waals surface area (Å²) in [5, 5.41) is 7.16. The summed E-state index contributed by atoms with van der Waals surface area (Å²) in [6.45, 7) is 0. The number of para-hydroxylation sites is 1. The Kier molecular flexibility index (Phi) is 7.18. The number of benzene rings is 9. The lowest BCUT2D eigenvalue weighted by Gasteiger charge is -2.26. The molecule has 0 saturated heterocycles. The molecule has 10 rings (SSSR count). The van der Waals surface area contributed by atoms with Crippen LogP contribution in [-0.2, 0) is 0 Å². The van der Waals surface area contributed by atoms with Crippen LogP contribution in [0.1, 0.15) is 0 Å². The van der Waals surface area contributed by atoms with Crippen molar-refractivity contribution < 1.29 is 4.42 Å². The highest BCUT2D eigenvalue weighted by molar-refractivity contribution is 6.10. The van der Waals surface area contributed by atoms with Crippen molar-refractivity contribution >= 4 is 60.5 Å². The zero-order valence-corrected chi connectivity index (χ0v) is 28.4. The van der Waals surface area contributed by atoms with Gasteiger partial charge in [0.05, 0.1) is 0 Å². The van der Waals surface area contributed by atoms with Gasteiger partial charge < -0.3 is 9.32 Å². The molecule has 0 aliphatic carbocycles. The first-order chi connectivity index (χ1) is 25.7. The minimum Gasteiger partial charge on any atom is -0.456 e. The molecule has 0 bridgehead atoms. The van der Waals surface area contributed by atoms with E-state index in [2.05, 4.69) is 193 Å². The summed E-state index contributed by atoms with van der Waals surface area (Å²) in [5.74, 6) is 0. The second-order valence-corrected chi connectivity index (χ2v) is 13.4. The molecule has 0 atom stereocenters. The van der Waals surface area contributed by atoms with Crippen molar-refractivity contribution in [3.05, 3.63) is 200 Å². The molecule has 0 amide bonds. The highest BCUT2D eigenvalue weighted by Crippen LogP contribution is 2.40. The zero-order valence-electron chi connectivity index (χ0n) is 28.4. The monoisotopic (exact) mass is 663 g/mol. The van der Waals surface area contributed by atoms with Crippen LogP contribution in [0.25, 0.3) is 76.9 Å². The summed E-state index contributed by atoms with van der Waals surface area (Å²) >= 11 is 0. The van der Waals surface area contributed by atoms with E-state index < -0.39 is 0 Å². The van der Waals surface area contributed by atoms with Gasteiger partial charge >= 0.3 is 0 Å². The third kappa shape index (κ3) is 5.30. The van der Waals surface area contributed by atoms with E-state index in [0.717, 1.165) is 39.0 Å². The zero-order chi connectivity index (χ0) is 34.4. The van der Waals surface area contributed by atoms with Gasteiger partial charge in [-0.3, -0.25) is 0 Å². The summed E-state index contributed by atoms with van der Waals surface area (Å²) in [4.78, 5) is 2.36. The van der Waals surface area contributed by atoms with Gasteiger partial charge in [0.15, 0.2) is 0 Å². The first-order valence-corrected chi connectivity index (χ1v) is 17.7. The normalized spacial score (nSPS) is 11.5. The van der Waals surface area contributed by atoms with Gasteiger partial charge in [-0.25, -0.2) is 0 Å². The second kappa shape index (κ2) is 12.5. The molecule has 0 aliphatic heterocycles. The molecule has 1 heterocycles. The van der Waals surface area contributed by atoms with Crippen LogP contribution in [-0.4, -0.2) is 0 Å². The van der Waals surface area contributed by atoms with Gasteiger partial charge in [0, 0.05) is 27.8 Å². The molecule has 9 aromatic carbocycles. The molecule has 10 aromatic rings. The fourth-order valence-corrected chi connectivity index (χ4v) is 7.62. The Morgan fingerprint density at radius 3 is 1.71 bits per heavy atom. The molecule has 0 radical (unpaired) electrons. The fraction of sp³-hybridized carbons (Fsp3) is 0. The van der Waals surface area contributed by atoms with Crippen LogP contribution in [0.4, 0.5) is 17.1 Å². The number of hydrogen-bond acceptors (Lipinski definition) is 2. The van der Waals surface area contributed by atoms with Crippen LogP contribution < -0.4 is 4.90 Å². The SMILES string of the molecule is c1ccc(-c2ccc(N(c3ccc(-c4ccc5cc6oc7ccccc7c6cc5c4)cc3)c3cccc(-c4cccc5ccccc45)c3)cc2)cc1. The van der Waals surface area contributed by atoms with Crippen molar-refractivity contribution in [2.24, 2.45) is 0 Å². The average molecular weight is 664 g/mol. The van der Waals surface area contributed by atoms with Crippen molar-refractivity contribution in [2.45, 2.75) is 0 Å². The first kappa shape index (κ1) is 30.0. The molecule has 0 N–H and O–H groups in total. The van der Waals surface area contributed by atoms with E-state index in [4.69, 9.17) is 4.42 Å². The number of hydrogen-bond donors (Lipinski definition) is 0. The highest BCUT2D eigenvalue weighted by Gasteiger charge is 2.16. The Hall–Kier alpha value is -6.90. The summed E-state index contributed by atoms with van der Waals surface area (Å²) in [6, 6.07) is 71.8. The molecule has 2 heteroatoms. The summed E-state index contributed by atoms with van der Waals surface area (Å²) in [6.07, 6.45) is 0. The van der Waals surface area contributed by atoms with Crippen molar-refractivity contribution in [3.8, 4) is 33.4 Å². The second-order valence-electron chi connectivity index (χ2n) is 13.4. The van der Waals surface area contributed by atoms with Gasteiger partial charge in [0.1, 0.15) is 11.2 Å². The standard InChI is InChI=1S/C50H33NO/c1-2-10-34(11-3-1)35-22-26-42(27-23-35)51(44-15-8-14-40(31-44)46-18-9-13-37-12-4-5-16-45(37)46)43-28-24-36(25-29-43)38-20-21-39-33-50-48(32-41(39)30-38)47-17-6-7-19-49(47)52-50/h1-33H. The largest absolute Gasteiger partial charge is 0.456 e. The van der Waals surface area contributed by atoms with Crippen molar-refractivity contribution in [1.29, 1.82) is 0 Å². The fourth-order valence-electron chi connectivity index (χ4n) is 7.62. The van der Waals surface area contributed by atoms with Crippen LogP contribution in [0.5, 0.6) is 0 Å². The van der Waals surface area contributed by atoms with Crippen LogP contribution >= 0.6 is 0 Å². The Labute approximate surface area is 302 Å². The molecule has 0 spiro atoms. The van der Waals surface area contributed by atoms with Gasteiger partial charge in [-0.15, -0.1) is 0 Å². The van der Waals surface area contributed by atoms with Gasteiger partial charge in [0.2, 0.25) is 0 Å². The molecule has 0 aliphatic rings. The third-order valence-corrected chi connectivity index (χ3v) is 10.2. The molecular weight excluding hydrogens is 631 g/mol. The van der Waals surface area contributed by atoms with Crippen LogP contribution in [0, 0.1) is 0 Å². The Morgan fingerprint density at radius 1 is 0.288 bits per heavy atom. The lowest BCUT2D eigenvalue weighted by molar-refractivity contribution is 0.669. The number of furan rings is 1. The summed E-state index contributed by atoms with van der Waals surface area (Å²) in [5.41, 5.74) is 12.3. The lowest BCUT2D eigenvalue weighted by atomic mass is 9.97. The van der Waals surface area contributed by atoms with Gasteiger partial charge in [-0.05, 0) is 116 Å².